The minimum atomic E-state index is -0.306. The zero-order valence-corrected chi connectivity index (χ0v) is 18.4. The smallest absolute Gasteiger partial charge is 0.240 e. The Morgan fingerprint density at radius 3 is 2.61 bits per heavy atom. The van der Waals surface area contributed by atoms with Crippen molar-refractivity contribution in [1.82, 2.24) is 24.6 Å². The molecule has 162 valence electrons. The molecule has 8 heteroatoms. The Kier molecular flexibility index (Phi) is 5.49. The monoisotopic (exact) mass is 419 g/mol. The largest absolute Gasteiger partial charge is 0.390 e. The fraction of sp³-hybridized carbons (Fsp3) is 0.391. The highest BCUT2D eigenvalue weighted by Crippen LogP contribution is 2.36. The fourth-order valence-corrected chi connectivity index (χ4v) is 4.41. The van der Waals surface area contributed by atoms with Gasteiger partial charge < -0.3 is 16.2 Å². The first-order valence-electron chi connectivity index (χ1n) is 10.6. The highest BCUT2D eigenvalue weighted by Gasteiger charge is 2.34. The van der Waals surface area contributed by atoms with Crippen LogP contribution in [0.25, 0.3) is 27.8 Å². The number of nitrogen functional groups attached to an aromatic ring is 1. The summed E-state index contributed by atoms with van der Waals surface area (Å²) in [4.78, 5) is 13.4. The van der Waals surface area contributed by atoms with E-state index < -0.39 is 0 Å². The Bertz CT molecular complexity index is 1220. The van der Waals surface area contributed by atoms with Gasteiger partial charge in [-0.3, -0.25) is 0 Å². The van der Waals surface area contributed by atoms with Crippen LogP contribution in [0.1, 0.15) is 39.2 Å². The number of nitrogens with zero attached hydrogens (tertiary/aromatic N) is 5. The van der Waals surface area contributed by atoms with Crippen molar-refractivity contribution < 1.29 is 5.11 Å². The second-order valence-corrected chi connectivity index (χ2v) is 8.49. The van der Waals surface area contributed by atoms with E-state index in [0.29, 0.717) is 5.82 Å². The first-order valence-corrected chi connectivity index (χ1v) is 10.6. The molecule has 0 aromatic carbocycles. The molecule has 0 bridgehead atoms. The van der Waals surface area contributed by atoms with E-state index in [9.17, 15) is 0 Å². The topological polar surface area (TPSA) is 114 Å². The van der Waals surface area contributed by atoms with E-state index in [1.807, 2.05) is 31.3 Å². The average molecular weight is 420 g/mol. The number of rotatable bonds is 3. The maximum atomic E-state index is 9.08. The molecular weight excluding hydrogens is 390 g/mol. The minimum absolute atomic E-state index is 0.217. The number of pyridine rings is 2. The van der Waals surface area contributed by atoms with Crippen LogP contribution in [-0.2, 0) is 6.42 Å². The van der Waals surface area contributed by atoms with E-state index in [0.717, 1.165) is 53.0 Å². The summed E-state index contributed by atoms with van der Waals surface area (Å²) in [6.07, 6.45) is 6.59. The van der Waals surface area contributed by atoms with E-state index in [4.69, 9.17) is 15.8 Å². The number of aromatic nitrogens is 5. The Hall–Kier alpha value is -3.26. The van der Waals surface area contributed by atoms with Gasteiger partial charge in [0.25, 0.3) is 0 Å². The zero-order chi connectivity index (χ0) is 22.2. The minimum Gasteiger partial charge on any atom is -0.390 e. The van der Waals surface area contributed by atoms with Gasteiger partial charge in [-0.2, -0.15) is 4.98 Å². The van der Waals surface area contributed by atoms with Crippen LogP contribution < -0.4 is 11.1 Å². The molecule has 1 aliphatic rings. The number of anilines is 2. The molecule has 0 aliphatic heterocycles. The number of nitrogens with one attached hydrogen (secondary N) is 1. The molecule has 0 spiro atoms. The number of aliphatic hydroxyl groups is 1. The Labute approximate surface area is 181 Å². The quantitative estimate of drug-likeness (QED) is 0.464. The van der Waals surface area contributed by atoms with Crippen LogP contribution >= 0.6 is 0 Å². The van der Waals surface area contributed by atoms with Gasteiger partial charge in [-0.05, 0) is 61.9 Å². The van der Waals surface area contributed by atoms with E-state index in [1.165, 1.54) is 5.56 Å². The lowest BCUT2D eigenvalue weighted by molar-refractivity contribution is -0.0506. The van der Waals surface area contributed by atoms with E-state index >= 15 is 0 Å². The third-order valence-corrected chi connectivity index (χ3v) is 5.69. The third-order valence-electron chi connectivity index (χ3n) is 5.69. The predicted molar refractivity (Wildman–Crippen MR) is 124 cm³/mol. The zero-order valence-electron chi connectivity index (χ0n) is 18.4. The molecule has 4 aromatic rings. The summed E-state index contributed by atoms with van der Waals surface area (Å²) in [5.74, 6) is 1.64. The van der Waals surface area contributed by atoms with Crippen molar-refractivity contribution in [2.24, 2.45) is 5.92 Å². The summed E-state index contributed by atoms with van der Waals surface area (Å²) in [5, 5.41) is 17.5. The first-order chi connectivity index (χ1) is 14.8. The number of hydrogen-bond donors (Lipinski definition) is 3. The summed E-state index contributed by atoms with van der Waals surface area (Å²) < 4.78 is 1.71. The van der Waals surface area contributed by atoms with Gasteiger partial charge in [0, 0.05) is 30.4 Å². The van der Waals surface area contributed by atoms with Crippen LogP contribution in [0.4, 0.5) is 11.8 Å². The second-order valence-electron chi connectivity index (χ2n) is 8.49. The highest BCUT2D eigenvalue weighted by atomic mass is 16.3. The molecule has 0 amide bonds. The molecular formula is C23H29N7O. The van der Waals surface area contributed by atoms with Gasteiger partial charge in [0.15, 0.2) is 11.5 Å². The molecule has 1 saturated carbocycles. The summed E-state index contributed by atoms with van der Waals surface area (Å²) >= 11 is 0. The van der Waals surface area contributed by atoms with Crippen LogP contribution in [0.5, 0.6) is 0 Å². The van der Waals surface area contributed by atoms with Gasteiger partial charge >= 0.3 is 0 Å². The normalized spacial score (nSPS) is 20.2. The van der Waals surface area contributed by atoms with Crippen molar-refractivity contribution in [3.8, 4) is 11.3 Å². The molecule has 4 heterocycles. The second kappa shape index (κ2) is 8.11. The van der Waals surface area contributed by atoms with Crippen molar-refractivity contribution in [3.05, 3.63) is 42.2 Å². The van der Waals surface area contributed by atoms with Crippen molar-refractivity contribution in [3.63, 3.8) is 0 Å². The molecule has 1 fully saturated rings. The SMILES string of the molecule is CC1CC(C)(O)C1.CCc1ccnc2nc(-c3ccn4nc(N)nc(NC)c34)ccc12. The molecule has 4 aromatic heterocycles. The maximum absolute atomic E-state index is 9.08. The molecule has 4 N–H and O–H groups in total. The third kappa shape index (κ3) is 4.16. The summed E-state index contributed by atoms with van der Waals surface area (Å²) in [5.41, 5.74) is 10.0. The van der Waals surface area contributed by atoms with E-state index in [1.54, 1.807) is 17.8 Å². The fourth-order valence-electron chi connectivity index (χ4n) is 4.41. The molecule has 8 nitrogen and oxygen atoms in total. The van der Waals surface area contributed by atoms with Gasteiger partial charge in [0.05, 0.1) is 11.3 Å². The van der Waals surface area contributed by atoms with Crippen LogP contribution in [0.3, 0.4) is 0 Å². The van der Waals surface area contributed by atoms with Gasteiger partial charge in [0.2, 0.25) is 5.95 Å². The molecule has 31 heavy (non-hydrogen) atoms. The Morgan fingerprint density at radius 1 is 1.23 bits per heavy atom. The van der Waals surface area contributed by atoms with Gasteiger partial charge in [0.1, 0.15) is 5.52 Å². The first kappa shape index (κ1) is 21.0. The number of aryl methyl sites for hydroxylation is 1. The Morgan fingerprint density at radius 2 is 2.00 bits per heavy atom. The van der Waals surface area contributed by atoms with E-state index in [-0.39, 0.29) is 11.5 Å². The predicted octanol–water partition coefficient (Wildman–Crippen LogP) is 3.69. The average Bonchev–Trinajstić information content (AvgIpc) is 3.15. The van der Waals surface area contributed by atoms with Crippen LogP contribution in [0.2, 0.25) is 0 Å². The summed E-state index contributed by atoms with van der Waals surface area (Å²) in [7, 11) is 1.81. The molecule has 0 saturated heterocycles. The molecule has 5 rings (SSSR count). The van der Waals surface area contributed by atoms with Crippen LogP contribution in [-0.4, -0.2) is 42.3 Å². The van der Waals surface area contributed by atoms with Gasteiger partial charge in [-0.25, -0.2) is 14.5 Å². The van der Waals surface area contributed by atoms with Gasteiger partial charge in [-0.15, -0.1) is 5.10 Å². The van der Waals surface area contributed by atoms with Gasteiger partial charge in [-0.1, -0.05) is 13.8 Å². The van der Waals surface area contributed by atoms with E-state index in [2.05, 4.69) is 40.3 Å². The standard InChI is InChI=1S/C17H17N7.C6H12O/c1-3-10-6-8-20-15-11(10)4-5-13(21-15)12-7-9-24-14(12)16(19-2)22-17(18)23-24;1-5-3-6(2,7)4-5/h4-9H,3H2,1-2H3,(H3,18,19,22,23);5,7H,3-4H2,1-2H3. The van der Waals surface area contributed by atoms with Crippen LogP contribution in [0, 0.1) is 5.92 Å². The number of fused-ring (bicyclic) bond motifs is 2. The molecule has 1 aliphatic carbocycles. The van der Waals surface area contributed by atoms with Crippen LogP contribution in [0.15, 0.2) is 36.7 Å². The molecule has 0 radical (unpaired) electrons. The Balaban J connectivity index is 0.000000282. The molecule has 0 atom stereocenters. The van der Waals surface area contributed by atoms with Crippen molar-refractivity contribution >= 4 is 28.3 Å². The lowest BCUT2D eigenvalue weighted by Crippen LogP contribution is -2.39. The lowest BCUT2D eigenvalue weighted by Gasteiger charge is -2.38. The van der Waals surface area contributed by atoms with Crippen molar-refractivity contribution in [1.29, 1.82) is 0 Å². The summed E-state index contributed by atoms with van der Waals surface area (Å²) in [6.45, 7) is 6.19. The molecule has 0 unspecified atom stereocenters. The maximum Gasteiger partial charge on any atom is 0.240 e. The number of hydrogen-bond acceptors (Lipinski definition) is 7. The lowest BCUT2D eigenvalue weighted by atomic mass is 9.73. The van der Waals surface area contributed by atoms with Crippen molar-refractivity contribution in [2.45, 2.75) is 45.6 Å². The highest BCUT2D eigenvalue weighted by molar-refractivity contribution is 5.90. The van der Waals surface area contributed by atoms with Crippen molar-refractivity contribution in [2.75, 3.05) is 18.1 Å². The summed E-state index contributed by atoms with van der Waals surface area (Å²) in [6, 6.07) is 8.08. The number of nitrogens with two attached hydrogens (primary N) is 1.